The summed E-state index contributed by atoms with van der Waals surface area (Å²) < 4.78 is 28.4. The quantitative estimate of drug-likeness (QED) is 0.771. The summed E-state index contributed by atoms with van der Waals surface area (Å²) in [4.78, 5) is 11.8. The van der Waals surface area contributed by atoms with Crippen molar-refractivity contribution >= 4 is 16.8 Å². The third-order valence-corrected chi connectivity index (χ3v) is 3.33. The first-order chi connectivity index (χ1) is 10.1. The lowest BCUT2D eigenvalue weighted by molar-refractivity contribution is 0.0964. The van der Waals surface area contributed by atoms with Crippen molar-refractivity contribution in [2.75, 3.05) is 7.05 Å². The molecule has 0 aliphatic carbocycles. The van der Waals surface area contributed by atoms with Gasteiger partial charge in [0.2, 0.25) is 0 Å². The van der Waals surface area contributed by atoms with Crippen LogP contribution in [0.4, 0.5) is 8.78 Å². The smallest absolute Gasteiger partial charge is 0.251 e. The standard InChI is InChI=1S/C16H12F2N2O/c1-19-16(21)14-3-2-4-15-13(14)5-6-20(15)12-8-10(17)7-11(18)9-12/h2-9H,1H3,(H,19,21). The zero-order valence-electron chi connectivity index (χ0n) is 11.2. The highest BCUT2D eigenvalue weighted by atomic mass is 19.1. The van der Waals surface area contributed by atoms with Crippen molar-refractivity contribution < 1.29 is 13.6 Å². The van der Waals surface area contributed by atoms with E-state index in [1.54, 1.807) is 42.1 Å². The Balaban J connectivity index is 2.23. The van der Waals surface area contributed by atoms with Crippen molar-refractivity contribution in [2.45, 2.75) is 0 Å². The maximum absolute atomic E-state index is 13.4. The van der Waals surface area contributed by atoms with E-state index in [4.69, 9.17) is 0 Å². The molecule has 21 heavy (non-hydrogen) atoms. The highest BCUT2D eigenvalue weighted by Gasteiger charge is 2.12. The second-order valence-corrected chi connectivity index (χ2v) is 4.63. The number of carbonyl (C=O) groups is 1. The fourth-order valence-corrected chi connectivity index (χ4v) is 2.40. The minimum atomic E-state index is -0.644. The maximum atomic E-state index is 13.4. The van der Waals surface area contributed by atoms with Gasteiger partial charge >= 0.3 is 0 Å². The van der Waals surface area contributed by atoms with E-state index in [2.05, 4.69) is 5.32 Å². The van der Waals surface area contributed by atoms with E-state index in [-0.39, 0.29) is 5.91 Å². The van der Waals surface area contributed by atoms with Gasteiger partial charge in [0.25, 0.3) is 5.91 Å². The van der Waals surface area contributed by atoms with E-state index in [0.29, 0.717) is 16.8 Å². The number of carbonyl (C=O) groups excluding carboxylic acids is 1. The highest BCUT2D eigenvalue weighted by Crippen LogP contribution is 2.24. The van der Waals surface area contributed by atoms with Crippen molar-refractivity contribution in [1.82, 2.24) is 9.88 Å². The van der Waals surface area contributed by atoms with Crippen LogP contribution in [-0.4, -0.2) is 17.5 Å². The lowest BCUT2D eigenvalue weighted by atomic mass is 10.1. The number of benzene rings is 2. The highest BCUT2D eigenvalue weighted by molar-refractivity contribution is 6.06. The topological polar surface area (TPSA) is 34.0 Å². The summed E-state index contributed by atoms with van der Waals surface area (Å²) in [5, 5.41) is 3.30. The van der Waals surface area contributed by atoms with E-state index in [1.807, 2.05) is 0 Å². The molecule has 0 unspecified atom stereocenters. The van der Waals surface area contributed by atoms with E-state index < -0.39 is 11.6 Å². The molecule has 0 saturated carbocycles. The molecule has 0 saturated heterocycles. The number of nitrogens with one attached hydrogen (secondary N) is 1. The lowest BCUT2D eigenvalue weighted by Gasteiger charge is -2.07. The van der Waals surface area contributed by atoms with Gasteiger partial charge in [0, 0.05) is 30.3 Å². The predicted octanol–water partition coefficient (Wildman–Crippen LogP) is 3.27. The minimum Gasteiger partial charge on any atom is -0.355 e. The summed E-state index contributed by atoms with van der Waals surface area (Å²) in [5.41, 5.74) is 1.60. The lowest BCUT2D eigenvalue weighted by Crippen LogP contribution is -2.17. The van der Waals surface area contributed by atoms with Crippen molar-refractivity contribution in [3.8, 4) is 5.69 Å². The number of aromatic nitrogens is 1. The van der Waals surface area contributed by atoms with Crippen molar-refractivity contribution in [3.63, 3.8) is 0 Å². The molecule has 2 aromatic carbocycles. The maximum Gasteiger partial charge on any atom is 0.251 e. The molecule has 5 heteroatoms. The van der Waals surface area contributed by atoms with Gasteiger partial charge in [-0.25, -0.2) is 8.78 Å². The molecule has 3 aromatic rings. The zero-order valence-corrected chi connectivity index (χ0v) is 11.2. The van der Waals surface area contributed by atoms with Crippen LogP contribution in [0.1, 0.15) is 10.4 Å². The molecule has 0 aliphatic rings. The zero-order chi connectivity index (χ0) is 15.0. The Kier molecular flexibility index (Phi) is 3.17. The Labute approximate surface area is 119 Å². The van der Waals surface area contributed by atoms with Gasteiger partial charge < -0.3 is 9.88 Å². The fourth-order valence-electron chi connectivity index (χ4n) is 2.40. The van der Waals surface area contributed by atoms with Crippen LogP contribution in [0.2, 0.25) is 0 Å². The summed E-state index contributed by atoms with van der Waals surface area (Å²) in [6.07, 6.45) is 1.69. The van der Waals surface area contributed by atoms with Crippen molar-refractivity contribution in [1.29, 1.82) is 0 Å². The molecular formula is C16H12F2N2O. The molecule has 1 heterocycles. The number of nitrogens with zero attached hydrogens (tertiary/aromatic N) is 1. The predicted molar refractivity (Wildman–Crippen MR) is 76.6 cm³/mol. The summed E-state index contributed by atoms with van der Waals surface area (Å²) in [7, 11) is 1.56. The van der Waals surface area contributed by atoms with E-state index in [9.17, 15) is 13.6 Å². The van der Waals surface area contributed by atoms with Crippen LogP contribution < -0.4 is 5.32 Å². The second-order valence-electron chi connectivity index (χ2n) is 4.63. The summed E-state index contributed by atoms with van der Waals surface area (Å²) in [6.45, 7) is 0. The molecule has 3 nitrogen and oxygen atoms in total. The first-order valence-corrected chi connectivity index (χ1v) is 6.39. The molecular weight excluding hydrogens is 274 g/mol. The van der Waals surface area contributed by atoms with Gasteiger partial charge in [-0.05, 0) is 30.3 Å². The van der Waals surface area contributed by atoms with Crippen LogP contribution in [-0.2, 0) is 0 Å². The van der Waals surface area contributed by atoms with Crippen molar-refractivity contribution in [3.05, 3.63) is 65.9 Å². The van der Waals surface area contributed by atoms with E-state index >= 15 is 0 Å². The third-order valence-electron chi connectivity index (χ3n) is 3.33. The summed E-state index contributed by atoms with van der Waals surface area (Å²) in [5.74, 6) is -1.49. The Morgan fingerprint density at radius 1 is 1.10 bits per heavy atom. The van der Waals surface area contributed by atoms with Gasteiger partial charge in [-0.2, -0.15) is 0 Å². The molecule has 0 radical (unpaired) electrons. The number of fused-ring (bicyclic) bond motifs is 1. The third kappa shape index (κ3) is 2.27. The first-order valence-electron chi connectivity index (χ1n) is 6.39. The SMILES string of the molecule is CNC(=O)c1cccc2c1ccn2-c1cc(F)cc(F)c1. The molecule has 106 valence electrons. The fraction of sp³-hybridized carbons (Fsp3) is 0.0625. The summed E-state index contributed by atoms with van der Waals surface area (Å²) in [6, 6.07) is 10.3. The van der Waals surface area contributed by atoms with Gasteiger partial charge in [0.05, 0.1) is 11.2 Å². The molecule has 0 fully saturated rings. The van der Waals surface area contributed by atoms with Gasteiger partial charge in [0.1, 0.15) is 11.6 Å². The van der Waals surface area contributed by atoms with Gasteiger partial charge in [-0.15, -0.1) is 0 Å². The molecule has 0 aliphatic heterocycles. The largest absolute Gasteiger partial charge is 0.355 e. The monoisotopic (exact) mass is 286 g/mol. The molecule has 1 aromatic heterocycles. The number of halogens is 2. The van der Waals surface area contributed by atoms with Crippen LogP contribution in [0.25, 0.3) is 16.6 Å². The van der Waals surface area contributed by atoms with Gasteiger partial charge in [-0.3, -0.25) is 4.79 Å². The average Bonchev–Trinajstić information content (AvgIpc) is 2.89. The minimum absolute atomic E-state index is 0.205. The normalized spacial score (nSPS) is 10.8. The Bertz CT molecular complexity index is 819. The number of amides is 1. The van der Waals surface area contributed by atoms with Crippen LogP contribution in [0.15, 0.2) is 48.7 Å². The Morgan fingerprint density at radius 3 is 2.48 bits per heavy atom. The van der Waals surface area contributed by atoms with Gasteiger partial charge in [0.15, 0.2) is 0 Å². The van der Waals surface area contributed by atoms with Crippen LogP contribution in [0.3, 0.4) is 0 Å². The summed E-state index contributed by atoms with van der Waals surface area (Å²) >= 11 is 0. The number of hydrogen-bond donors (Lipinski definition) is 1. The second kappa shape index (κ2) is 5.01. The van der Waals surface area contributed by atoms with Crippen LogP contribution in [0, 0.1) is 11.6 Å². The average molecular weight is 286 g/mol. The molecule has 3 rings (SSSR count). The number of rotatable bonds is 2. The van der Waals surface area contributed by atoms with Crippen molar-refractivity contribution in [2.24, 2.45) is 0 Å². The molecule has 0 bridgehead atoms. The van der Waals surface area contributed by atoms with Crippen LogP contribution >= 0.6 is 0 Å². The van der Waals surface area contributed by atoms with E-state index in [1.165, 1.54) is 12.1 Å². The molecule has 1 amide bonds. The Morgan fingerprint density at radius 2 is 1.81 bits per heavy atom. The van der Waals surface area contributed by atoms with E-state index in [0.717, 1.165) is 11.5 Å². The number of hydrogen-bond acceptors (Lipinski definition) is 1. The first kappa shape index (κ1) is 13.3. The van der Waals surface area contributed by atoms with Gasteiger partial charge in [-0.1, -0.05) is 6.07 Å². The molecule has 1 N–H and O–H groups in total. The Hall–Kier alpha value is -2.69. The molecule has 0 atom stereocenters. The molecule has 0 spiro atoms. The van der Waals surface area contributed by atoms with Crippen LogP contribution in [0.5, 0.6) is 0 Å².